The van der Waals surface area contributed by atoms with Gasteiger partial charge in [-0.05, 0) is 62.7 Å². The van der Waals surface area contributed by atoms with Gasteiger partial charge in [-0.15, -0.1) is 0 Å². The molecule has 4 aliphatic carbocycles. The Morgan fingerprint density at radius 2 is 1.61 bits per heavy atom. The Labute approximate surface area is 109 Å². The smallest absolute Gasteiger partial charge is 0.336 e. The zero-order valence-corrected chi connectivity index (χ0v) is 11.2. The van der Waals surface area contributed by atoms with Gasteiger partial charge in [-0.1, -0.05) is 13.3 Å². The second-order valence-electron chi connectivity index (χ2n) is 7.11. The number of hydrogen-bond acceptors (Lipinski definition) is 2. The fourth-order valence-corrected chi connectivity index (χ4v) is 5.58. The van der Waals surface area contributed by atoms with Crippen molar-refractivity contribution < 1.29 is 15.0 Å². The molecular weight excluding hydrogens is 228 g/mol. The second-order valence-corrected chi connectivity index (χ2v) is 7.11. The number of hydrogen-bond donors (Lipinski definition) is 2. The lowest BCUT2D eigenvalue weighted by Gasteiger charge is -2.61. The van der Waals surface area contributed by atoms with Crippen molar-refractivity contribution in [3.8, 4) is 0 Å². The van der Waals surface area contributed by atoms with Crippen LogP contribution in [0.15, 0.2) is 0 Å². The number of carboxylic acid groups (broad SMARTS) is 1. The van der Waals surface area contributed by atoms with Crippen LogP contribution in [0.5, 0.6) is 0 Å². The summed E-state index contributed by atoms with van der Waals surface area (Å²) in [4.78, 5) is 11.7. The quantitative estimate of drug-likeness (QED) is 0.809. The number of carbonyl (C=O) groups is 1. The summed E-state index contributed by atoms with van der Waals surface area (Å²) in [7, 11) is 0. The van der Waals surface area contributed by atoms with Crippen LogP contribution in [0.1, 0.15) is 58.3 Å². The largest absolute Gasteiger partial charge is 0.479 e. The summed E-state index contributed by atoms with van der Waals surface area (Å²) in [5.74, 6) is 1.06. The SMILES string of the molecule is CCCC(O)(C(=O)O)C12CC3CC(CC(C3)C1)C2. The van der Waals surface area contributed by atoms with Crippen LogP contribution in [0.3, 0.4) is 0 Å². The van der Waals surface area contributed by atoms with E-state index in [9.17, 15) is 15.0 Å². The van der Waals surface area contributed by atoms with Crippen LogP contribution in [-0.4, -0.2) is 21.8 Å². The van der Waals surface area contributed by atoms with E-state index in [2.05, 4.69) is 0 Å². The lowest BCUT2D eigenvalue weighted by Crippen LogP contribution is -2.61. The fourth-order valence-electron chi connectivity index (χ4n) is 5.58. The maximum Gasteiger partial charge on any atom is 0.336 e. The molecule has 0 saturated heterocycles. The third-order valence-electron chi connectivity index (χ3n) is 5.88. The molecule has 4 fully saturated rings. The minimum atomic E-state index is -1.47. The Hall–Kier alpha value is -0.570. The van der Waals surface area contributed by atoms with Gasteiger partial charge in [0.25, 0.3) is 0 Å². The molecule has 0 heterocycles. The molecule has 4 bridgehead atoms. The van der Waals surface area contributed by atoms with Crippen molar-refractivity contribution in [2.24, 2.45) is 23.2 Å². The van der Waals surface area contributed by atoms with Crippen molar-refractivity contribution in [2.75, 3.05) is 0 Å². The molecule has 1 atom stereocenters. The Morgan fingerprint density at radius 1 is 1.17 bits per heavy atom. The normalized spacial score (nSPS) is 44.9. The van der Waals surface area contributed by atoms with Crippen LogP contribution in [0.2, 0.25) is 0 Å². The first kappa shape index (κ1) is 12.5. The lowest BCUT2D eigenvalue weighted by atomic mass is 9.45. The van der Waals surface area contributed by atoms with Gasteiger partial charge in [0.05, 0.1) is 0 Å². The molecule has 4 aliphatic rings. The van der Waals surface area contributed by atoms with Crippen LogP contribution in [0, 0.1) is 23.2 Å². The van der Waals surface area contributed by atoms with E-state index in [1.807, 2.05) is 6.92 Å². The molecule has 0 aromatic rings. The maximum atomic E-state index is 11.7. The molecule has 1 unspecified atom stereocenters. The third kappa shape index (κ3) is 1.56. The molecule has 2 N–H and O–H groups in total. The Balaban J connectivity index is 1.96. The molecule has 0 aliphatic heterocycles. The van der Waals surface area contributed by atoms with Gasteiger partial charge in [0.2, 0.25) is 0 Å². The van der Waals surface area contributed by atoms with Crippen molar-refractivity contribution in [3.63, 3.8) is 0 Å². The highest BCUT2D eigenvalue weighted by atomic mass is 16.4. The maximum absolute atomic E-state index is 11.7. The van der Waals surface area contributed by atoms with Gasteiger partial charge in [0, 0.05) is 5.41 Å². The number of rotatable bonds is 4. The summed E-state index contributed by atoms with van der Waals surface area (Å²) in [6.45, 7) is 1.97. The second kappa shape index (κ2) is 3.96. The first-order chi connectivity index (χ1) is 8.49. The zero-order valence-electron chi connectivity index (χ0n) is 11.2. The summed E-state index contributed by atoms with van der Waals surface area (Å²) < 4.78 is 0. The summed E-state index contributed by atoms with van der Waals surface area (Å²) in [6.07, 6.45) is 7.83. The highest BCUT2D eigenvalue weighted by Gasteiger charge is 2.62. The number of aliphatic carboxylic acids is 1. The van der Waals surface area contributed by atoms with E-state index in [4.69, 9.17) is 0 Å². The molecule has 0 aromatic carbocycles. The van der Waals surface area contributed by atoms with Crippen molar-refractivity contribution in [1.29, 1.82) is 0 Å². The molecule has 3 nitrogen and oxygen atoms in total. The van der Waals surface area contributed by atoms with E-state index >= 15 is 0 Å². The molecule has 0 spiro atoms. The molecule has 0 aromatic heterocycles. The van der Waals surface area contributed by atoms with Crippen molar-refractivity contribution >= 4 is 5.97 Å². The summed E-state index contributed by atoms with van der Waals surface area (Å²) in [5.41, 5.74) is -1.79. The van der Waals surface area contributed by atoms with Gasteiger partial charge in [-0.25, -0.2) is 4.79 Å². The molecule has 102 valence electrons. The van der Waals surface area contributed by atoms with E-state index in [0.29, 0.717) is 24.2 Å². The average Bonchev–Trinajstić information content (AvgIpc) is 2.26. The van der Waals surface area contributed by atoms with Crippen LogP contribution < -0.4 is 0 Å². The lowest BCUT2D eigenvalue weighted by molar-refractivity contribution is -0.206. The Kier molecular flexibility index (Phi) is 2.74. The topological polar surface area (TPSA) is 57.5 Å². The van der Waals surface area contributed by atoms with Gasteiger partial charge in [0.15, 0.2) is 5.60 Å². The minimum Gasteiger partial charge on any atom is -0.479 e. The third-order valence-corrected chi connectivity index (χ3v) is 5.88. The summed E-state index contributed by atoms with van der Waals surface area (Å²) in [5, 5.41) is 20.4. The molecule has 4 saturated carbocycles. The first-order valence-corrected chi connectivity index (χ1v) is 7.45. The van der Waals surface area contributed by atoms with E-state index in [1.165, 1.54) is 19.3 Å². The predicted molar refractivity (Wildman–Crippen MR) is 68.1 cm³/mol. The monoisotopic (exact) mass is 252 g/mol. The molecule has 0 radical (unpaired) electrons. The molecule has 4 rings (SSSR count). The van der Waals surface area contributed by atoms with Crippen molar-refractivity contribution in [2.45, 2.75) is 63.9 Å². The van der Waals surface area contributed by atoms with Crippen LogP contribution in [0.25, 0.3) is 0 Å². The summed E-state index contributed by atoms with van der Waals surface area (Å²) >= 11 is 0. The van der Waals surface area contributed by atoms with Gasteiger partial charge < -0.3 is 10.2 Å². The standard InChI is InChI=1S/C15H24O3/c1-2-3-15(18,13(16)17)14-7-10-4-11(8-14)6-12(5-10)9-14/h10-12,18H,2-9H2,1H3,(H,16,17). The number of aliphatic hydroxyl groups is 1. The highest BCUT2D eigenvalue weighted by molar-refractivity contribution is 5.78. The van der Waals surface area contributed by atoms with Gasteiger partial charge >= 0.3 is 5.97 Å². The molecule has 18 heavy (non-hydrogen) atoms. The van der Waals surface area contributed by atoms with Crippen LogP contribution in [0.4, 0.5) is 0 Å². The molecule has 0 amide bonds. The summed E-state index contributed by atoms with van der Waals surface area (Å²) in [6, 6.07) is 0. The van der Waals surface area contributed by atoms with Crippen LogP contribution in [-0.2, 0) is 4.79 Å². The van der Waals surface area contributed by atoms with E-state index in [-0.39, 0.29) is 5.41 Å². The average molecular weight is 252 g/mol. The predicted octanol–water partition coefficient (Wildman–Crippen LogP) is 2.82. The number of carboxylic acids is 1. The molecular formula is C15H24O3. The van der Waals surface area contributed by atoms with Crippen molar-refractivity contribution in [3.05, 3.63) is 0 Å². The van der Waals surface area contributed by atoms with E-state index in [1.54, 1.807) is 0 Å². The highest BCUT2D eigenvalue weighted by Crippen LogP contribution is 2.64. The van der Waals surface area contributed by atoms with Crippen molar-refractivity contribution in [1.82, 2.24) is 0 Å². The van der Waals surface area contributed by atoms with Gasteiger partial charge in [0.1, 0.15) is 0 Å². The Bertz CT molecular complexity index is 327. The first-order valence-electron chi connectivity index (χ1n) is 7.45. The zero-order chi connectivity index (χ0) is 13.0. The van der Waals surface area contributed by atoms with E-state index < -0.39 is 11.6 Å². The van der Waals surface area contributed by atoms with E-state index in [0.717, 1.165) is 25.7 Å². The molecule has 3 heteroatoms. The van der Waals surface area contributed by atoms with Gasteiger partial charge in [-0.3, -0.25) is 0 Å². The Morgan fingerprint density at radius 3 is 1.94 bits per heavy atom. The van der Waals surface area contributed by atoms with Gasteiger partial charge in [-0.2, -0.15) is 0 Å². The fraction of sp³-hybridized carbons (Fsp3) is 0.933. The van der Waals surface area contributed by atoms with Crippen LogP contribution >= 0.6 is 0 Å². The minimum absolute atomic E-state index is 0.316.